The molecule has 3 rings (SSSR count). The number of rotatable bonds is 5. The van der Waals surface area contributed by atoms with Crippen molar-refractivity contribution in [1.29, 1.82) is 0 Å². The molecule has 1 aromatic carbocycles. The molecule has 1 saturated heterocycles. The Morgan fingerprint density at radius 1 is 1.20 bits per heavy atom. The highest BCUT2D eigenvalue weighted by atomic mass is 16.5. The van der Waals surface area contributed by atoms with E-state index < -0.39 is 0 Å². The molecular formula is C18H26N6O. The molecule has 2 N–H and O–H groups in total. The molecule has 0 spiro atoms. The Labute approximate surface area is 148 Å². The second kappa shape index (κ2) is 7.23. The van der Waals surface area contributed by atoms with Gasteiger partial charge in [0.15, 0.2) is 0 Å². The van der Waals surface area contributed by atoms with Gasteiger partial charge in [-0.15, -0.1) is 0 Å². The van der Waals surface area contributed by atoms with Gasteiger partial charge in [-0.3, -0.25) is 4.90 Å². The molecule has 7 nitrogen and oxygen atoms in total. The van der Waals surface area contributed by atoms with Crippen molar-refractivity contribution in [3.8, 4) is 5.75 Å². The summed E-state index contributed by atoms with van der Waals surface area (Å²) in [5, 5.41) is 0. The van der Waals surface area contributed by atoms with Crippen LogP contribution in [-0.4, -0.2) is 53.6 Å². The number of likely N-dealkylation sites (tertiary alicyclic amines) is 1. The van der Waals surface area contributed by atoms with E-state index in [0.717, 1.165) is 24.5 Å². The van der Waals surface area contributed by atoms with E-state index in [2.05, 4.69) is 38.9 Å². The Hall–Kier alpha value is -2.41. The van der Waals surface area contributed by atoms with Crippen molar-refractivity contribution >= 4 is 11.9 Å². The SMILES string of the molecule is COc1ccc([C@H]2C[C@H](C)N(Cc3nc(N)nc(N(C)C)n3)C2)cc1. The predicted molar refractivity (Wildman–Crippen MR) is 98.8 cm³/mol. The average Bonchev–Trinajstić information content (AvgIpc) is 2.95. The smallest absolute Gasteiger partial charge is 0.229 e. The monoisotopic (exact) mass is 342 g/mol. The Bertz CT molecular complexity index is 718. The molecule has 1 aromatic heterocycles. The van der Waals surface area contributed by atoms with Gasteiger partial charge in [0.05, 0.1) is 13.7 Å². The van der Waals surface area contributed by atoms with E-state index in [4.69, 9.17) is 10.5 Å². The summed E-state index contributed by atoms with van der Waals surface area (Å²) < 4.78 is 5.25. The standard InChI is InChI=1S/C18H26N6O/c1-12-9-14(13-5-7-15(25-4)8-6-13)10-24(12)11-16-20-17(19)22-18(21-16)23(2)3/h5-8,12,14H,9-11H2,1-4H3,(H2,19,20,21,22)/t12-,14-/m0/s1. The first-order valence-corrected chi connectivity index (χ1v) is 8.52. The average molecular weight is 342 g/mol. The highest BCUT2D eigenvalue weighted by Crippen LogP contribution is 2.33. The van der Waals surface area contributed by atoms with Crippen molar-refractivity contribution < 1.29 is 4.74 Å². The molecule has 2 atom stereocenters. The molecule has 0 amide bonds. The number of nitrogens with zero attached hydrogens (tertiary/aromatic N) is 5. The van der Waals surface area contributed by atoms with Gasteiger partial charge in [-0.05, 0) is 37.0 Å². The lowest BCUT2D eigenvalue weighted by Gasteiger charge is -2.20. The van der Waals surface area contributed by atoms with Crippen LogP contribution in [0, 0.1) is 0 Å². The maximum absolute atomic E-state index is 5.83. The van der Waals surface area contributed by atoms with Crippen molar-refractivity contribution in [1.82, 2.24) is 19.9 Å². The second-order valence-corrected chi connectivity index (χ2v) is 6.79. The first-order chi connectivity index (χ1) is 12.0. The van der Waals surface area contributed by atoms with Gasteiger partial charge in [0, 0.05) is 26.7 Å². The molecule has 1 fully saturated rings. The van der Waals surface area contributed by atoms with Crippen LogP contribution in [0.1, 0.15) is 30.7 Å². The number of benzene rings is 1. The summed E-state index contributed by atoms with van der Waals surface area (Å²) in [7, 11) is 5.49. The number of anilines is 2. The van der Waals surface area contributed by atoms with Crippen LogP contribution in [0.15, 0.2) is 24.3 Å². The summed E-state index contributed by atoms with van der Waals surface area (Å²) in [4.78, 5) is 17.2. The fourth-order valence-electron chi connectivity index (χ4n) is 3.31. The second-order valence-electron chi connectivity index (χ2n) is 6.79. The first kappa shape index (κ1) is 17.4. The minimum atomic E-state index is 0.271. The number of aromatic nitrogens is 3. The van der Waals surface area contributed by atoms with Crippen LogP contribution < -0.4 is 15.4 Å². The summed E-state index contributed by atoms with van der Waals surface area (Å²) in [5.41, 5.74) is 7.18. The van der Waals surface area contributed by atoms with Gasteiger partial charge >= 0.3 is 0 Å². The lowest BCUT2D eigenvalue weighted by molar-refractivity contribution is 0.252. The fourth-order valence-corrected chi connectivity index (χ4v) is 3.31. The Balaban J connectivity index is 1.71. The van der Waals surface area contributed by atoms with E-state index in [1.807, 2.05) is 31.1 Å². The van der Waals surface area contributed by atoms with Gasteiger partial charge in [-0.2, -0.15) is 15.0 Å². The lowest BCUT2D eigenvalue weighted by Crippen LogP contribution is -2.28. The van der Waals surface area contributed by atoms with E-state index in [1.54, 1.807) is 7.11 Å². The molecule has 0 radical (unpaired) electrons. The zero-order valence-corrected chi connectivity index (χ0v) is 15.3. The fraction of sp³-hybridized carbons (Fsp3) is 0.500. The molecule has 0 saturated carbocycles. The minimum absolute atomic E-state index is 0.271. The van der Waals surface area contributed by atoms with E-state index >= 15 is 0 Å². The maximum Gasteiger partial charge on any atom is 0.229 e. The van der Waals surface area contributed by atoms with Crippen molar-refractivity contribution in [3.05, 3.63) is 35.7 Å². The third kappa shape index (κ3) is 3.99. The van der Waals surface area contributed by atoms with E-state index in [1.165, 1.54) is 5.56 Å². The van der Waals surface area contributed by atoms with Crippen LogP contribution in [0.2, 0.25) is 0 Å². The third-order valence-corrected chi connectivity index (χ3v) is 4.72. The summed E-state index contributed by atoms with van der Waals surface area (Å²) in [6.45, 7) is 3.92. The maximum atomic E-state index is 5.83. The summed E-state index contributed by atoms with van der Waals surface area (Å²) in [5.74, 6) is 2.99. The van der Waals surface area contributed by atoms with Crippen LogP contribution >= 0.6 is 0 Å². The first-order valence-electron chi connectivity index (χ1n) is 8.52. The third-order valence-electron chi connectivity index (χ3n) is 4.72. The quantitative estimate of drug-likeness (QED) is 0.889. The highest BCUT2D eigenvalue weighted by Gasteiger charge is 2.30. The van der Waals surface area contributed by atoms with Gasteiger partial charge in [0.25, 0.3) is 0 Å². The van der Waals surface area contributed by atoms with Crippen LogP contribution in [0.5, 0.6) is 5.75 Å². The summed E-state index contributed by atoms with van der Waals surface area (Å²) in [6, 6.07) is 8.83. The van der Waals surface area contributed by atoms with Crippen LogP contribution in [-0.2, 0) is 6.54 Å². The molecule has 7 heteroatoms. The molecule has 1 aliphatic rings. The summed E-state index contributed by atoms with van der Waals surface area (Å²) >= 11 is 0. The number of hydrogen-bond donors (Lipinski definition) is 1. The largest absolute Gasteiger partial charge is 0.497 e. The Kier molecular flexibility index (Phi) is 5.03. The molecule has 1 aliphatic heterocycles. The van der Waals surface area contributed by atoms with Crippen molar-refractivity contribution in [2.45, 2.75) is 31.8 Å². The van der Waals surface area contributed by atoms with Crippen molar-refractivity contribution in [2.24, 2.45) is 0 Å². The van der Waals surface area contributed by atoms with Gasteiger partial charge < -0.3 is 15.4 Å². The molecule has 0 bridgehead atoms. The number of nitrogen functional groups attached to an aromatic ring is 1. The normalized spacial score (nSPS) is 20.6. The molecule has 0 aliphatic carbocycles. The highest BCUT2D eigenvalue weighted by molar-refractivity contribution is 5.33. The molecule has 25 heavy (non-hydrogen) atoms. The number of methoxy groups -OCH3 is 1. The zero-order valence-electron chi connectivity index (χ0n) is 15.3. The Morgan fingerprint density at radius 3 is 2.56 bits per heavy atom. The minimum Gasteiger partial charge on any atom is -0.497 e. The molecule has 2 aromatic rings. The topological polar surface area (TPSA) is 80.4 Å². The molecule has 2 heterocycles. The van der Waals surface area contributed by atoms with Crippen molar-refractivity contribution in [2.75, 3.05) is 38.4 Å². The van der Waals surface area contributed by atoms with Crippen LogP contribution in [0.3, 0.4) is 0 Å². The van der Waals surface area contributed by atoms with E-state index in [9.17, 15) is 0 Å². The zero-order chi connectivity index (χ0) is 18.0. The van der Waals surface area contributed by atoms with E-state index in [0.29, 0.717) is 24.5 Å². The van der Waals surface area contributed by atoms with E-state index in [-0.39, 0.29) is 5.95 Å². The van der Waals surface area contributed by atoms with Gasteiger partial charge in [-0.25, -0.2) is 0 Å². The van der Waals surface area contributed by atoms with Gasteiger partial charge in [-0.1, -0.05) is 12.1 Å². The van der Waals surface area contributed by atoms with Gasteiger partial charge in [0.1, 0.15) is 11.6 Å². The predicted octanol–water partition coefficient (Wildman–Crippen LogP) is 1.91. The van der Waals surface area contributed by atoms with Crippen LogP contribution in [0.4, 0.5) is 11.9 Å². The lowest BCUT2D eigenvalue weighted by atomic mass is 9.97. The van der Waals surface area contributed by atoms with Crippen molar-refractivity contribution in [3.63, 3.8) is 0 Å². The molecule has 0 unspecified atom stereocenters. The van der Waals surface area contributed by atoms with Gasteiger partial charge in [0.2, 0.25) is 11.9 Å². The van der Waals surface area contributed by atoms with Crippen LogP contribution in [0.25, 0.3) is 0 Å². The number of nitrogens with two attached hydrogens (primary N) is 1. The number of hydrogen-bond acceptors (Lipinski definition) is 7. The molecular weight excluding hydrogens is 316 g/mol. The Morgan fingerprint density at radius 2 is 1.92 bits per heavy atom. The summed E-state index contributed by atoms with van der Waals surface area (Å²) in [6.07, 6.45) is 1.12. The number of ether oxygens (including phenoxy) is 1. The molecule has 134 valence electrons.